The average molecular weight is 311 g/mol. The van der Waals surface area contributed by atoms with Gasteiger partial charge in [-0.05, 0) is 49.2 Å². The Labute approximate surface area is 126 Å². The molecule has 0 fully saturated rings. The van der Waals surface area contributed by atoms with E-state index in [1.165, 1.54) is 6.07 Å². The van der Waals surface area contributed by atoms with Crippen molar-refractivity contribution in [2.24, 2.45) is 0 Å². The Hall–Kier alpha value is -1.71. The highest BCUT2D eigenvalue weighted by Crippen LogP contribution is 2.35. The molecule has 104 valence electrons. The lowest BCUT2D eigenvalue weighted by atomic mass is 10.1. The van der Waals surface area contributed by atoms with Gasteiger partial charge in [0.05, 0.1) is 5.02 Å². The van der Waals surface area contributed by atoms with Crippen LogP contribution in [0.25, 0.3) is 0 Å². The molecule has 5 heteroatoms. The van der Waals surface area contributed by atoms with E-state index < -0.39 is 5.97 Å². The summed E-state index contributed by atoms with van der Waals surface area (Å²) in [4.78, 5) is 11.3. The fourth-order valence-electron chi connectivity index (χ4n) is 1.97. The van der Waals surface area contributed by atoms with Crippen LogP contribution in [0.4, 0.5) is 0 Å². The van der Waals surface area contributed by atoms with Crippen LogP contribution in [0.3, 0.4) is 0 Å². The maximum atomic E-state index is 11.3. The van der Waals surface area contributed by atoms with Crippen LogP contribution in [0.15, 0.2) is 30.3 Å². The largest absolute Gasteiger partial charge is 0.478 e. The van der Waals surface area contributed by atoms with Gasteiger partial charge in [-0.15, -0.1) is 0 Å². The van der Waals surface area contributed by atoms with E-state index in [0.717, 1.165) is 11.1 Å². The molecule has 2 aromatic carbocycles. The molecule has 2 aromatic rings. The molecule has 0 aliphatic rings. The predicted molar refractivity (Wildman–Crippen MR) is 79.4 cm³/mol. The fraction of sp³-hybridized carbons (Fsp3) is 0.133. The van der Waals surface area contributed by atoms with Crippen molar-refractivity contribution < 1.29 is 14.6 Å². The molecular formula is C15H12Cl2O3. The Bertz CT molecular complexity index is 658. The molecule has 3 nitrogen and oxygen atoms in total. The minimum atomic E-state index is -1.13. The van der Waals surface area contributed by atoms with Crippen molar-refractivity contribution in [3.63, 3.8) is 0 Å². The van der Waals surface area contributed by atoms with E-state index in [1.807, 2.05) is 13.8 Å². The number of hydrogen-bond acceptors (Lipinski definition) is 2. The third-order valence-corrected chi connectivity index (χ3v) is 3.36. The van der Waals surface area contributed by atoms with Crippen LogP contribution in [0.1, 0.15) is 21.5 Å². The highest BCUT2D eigenvalue weighted by atomic mass is 35.5. The van der Waals surface area contributed by atoms with Gasteiger partial charge in [-0.2, -0.15) is 0 Å². The van der Waals surface area contributed by atoms with Crippen molar-refractivity contribution in [2.45, 2.75) is 13.8 Å². The fourth-order valence-corrected chi connectivity index (χ4v) is 2.54. The number of carboxylic acid groups (broad SMARTS) is 1. The summed E-state index contributed by atoms with van der Waals surface area (Å²) in [5, 5.41) is 9.97. The van der Waals surface area contributed by atoms with Gasteiger partial charge in [0.1, 0.15) is 17.1 Å². The number of carboxylic acids is 1. The Balaban J connectivity index is 2.51. The lowest BCUT2D eigenvalue weighted by Crippen LogP contribution is -2.02. The Morgan fingerprint density at radius 3 is 2.30 bits per heavy atom. The molecule has 0 aliphatic heterocycles. The van der Waals surface area contributed by atoms with E-state index in [-0.39, 0.29) is 16.3 Å². The number of hydrogen-bond donors (Lipinski definition) is 1. The molecule has 0 spiro atoms. The lowest BCUT2D eigenvalue weighted by Gasteiger charge is -2.14. The molecule has 0 atom stereocenters. The Morgan fingerprint density at radius 2 is 1.75 bits per heavy atom. The SMILES string of the molecule is Cc1cc(Cl)cc(C)c1Oc1cccc(Cl)c1C(=O)O. The minimum Gasteiger partial charge on any atom is -0.478 e. The van der Waals surface area contributed by atoms with Gasteiger partial charge < -0.3 is 9.84 Å². The smallest absolute Gasteiger partial charge is 0.341 e. The summed E-state index contributed by atoms with van der Waals surface area (Å²) in [6.45, 7) is 3.69. The average Bonchev–Trinajstić information content (AvgIpc) is 2.33. The lowest BCUT2D eigenvalue weighted by molar-refractivity contribution is 0.0694. The molecule has 0 aliphatic carbocycles. The second kappa shape index (κ2) is 5.73. The standard InChI is InChI=1S/C15H12Cl2O3/c1-8-6-10(16)7-9(2)14(8)20-12-5-3-4-11(17)13(12)15(18)19/h3-7H,1-2H3,(H,18,19). The summed E-state index contributed by atoms with van der Waals surface area (Å²) >= 11 is 11.9. The van der Waals surface area contributed by atoms with E-state index in [0.29, 0.717) is 10.8 Å². The summed E-state index contributed by atoms with van der Waals surface area (Å²) in [6.07, 6.45) is 0. The van der Waals surface area contributed by atoms with Gasteiger partial charge >= 0.3 is 5.97 Å². The number of rotatable bonds is 3. The minimum absolute atomic E-state index is 0.0529. The van der Waals surface area contributed by atoms with Crippen LogP contribution in [0.2, 0.25) is 10.0 Å². The van der Waals surface area contributed by atoms with Crippen molar-refractivity contribution in [1.82, 2.24) is 0 Å². The number of aromatic carboxylic acids is 1. The number of ether oxygens (including phenoxy) is 1. The normalized spacial score (nSPS) is 10.4. The molecule has 0 saturated heterocycles. The summed E-state index contributed by atoms with van der Waals surface area (Å²) in [6, 6.07) is 8.25. The third kappa shape index (κ3) is 2.89. The first kappa shape index (κ1) is 14.7. The zero-order valence-electron chi connectivity index (χ0n) is 10.9. The van der Waals surface area contributed by atoms with Crippen LogP contribution >= 0.6 is 23.2 Å². The van der Waals surface area contributed by atoms with E-state index in [4.69, 9.17) is 27.9 Å². The summed E-state index contributed by atoms with van der Waals surface area (Å²) < 4.78 is 5.74. The van der Waals surface area contributed by atoms with E-state index in [2.05, 4.69) is 0 Å². The van der Waals surface area contributed by atoms with Crippen LogP contribution < -0.4 is 4.74 Å². The maximum absolute atomic E-state index is 11.3. The maximum Gasteiger partial charge on any atom is 0.341 e. The topological polar surface area (TPSA) is 46.5 Å². The molecule has 0 heterocycles. The van der Waals surface area contributed by atoms with Crippen LogP contribution in [-0.2, 0) is 0 Å². The van der Waals surface area contributed by atoms with E-state index in [1.54, 1.807) is 24.3 Å². The molecule has 20 heavy (non-hydrogen) atoms. The van der Waals surface area contributed by atoms with Gasteiger partial charge in [0, 0.05) is 5.02 Å². The first-order valence-corrected chi connectivity index (χ1v) is 6.62. The van der Waals surface area contributed by atoms with Gasteiger partial charge in [-0.25, -0.2) is 4.79 Å². The molecule has 0 saturated carbocycles. The molecule has 0 bridgehead atoms. The third-order valence-electron chi connectivity index (χ3n) is 2.83. The van der Waals surface area contributed by atoms with Gasteiger partial charge in [0.15, 0.2) is 0 Å². The highest BCUT2D eigenvalue weighted by molar-refractivity contribution is 6.34. The molecule has 0 radical (unpaired) electrons. The Kier molecular flexibility index (Phi) is 4.21. The monoisotopic (exact) mass is 310 g/mol. The van der Waals surface area contributed by atoms with Crippen LogP contribution in [0.5, 0.6) is 11.5 Å². The van der Waals surface area contributed by atoms with Crippen molar-refractivity contribution >= 4 is 29.2 Å². The molecule has 0 amide bonds. The first-order valence-electron chi connectivity index (χ1n) is 5.86. The highest BCUT2D eigenvalue weighted by Gasteiger charge is 2.17. The zero-order chi connectivity index (χ0) is 14.9. The summed E-state index contributed by atoms with van der Waals surface area (Å²) in [5.74, 6) is -0.340. The Morgan fingerprint density at radius 1 is 1.15 bits per heavy atom. The number of carbonyl (C=O) groups is 1. The number of halogens is 2. The quantitative estimate of drug-likeness (QED) is 0.857. The molecule has 0 aromatic heterocycles. The molecule has 1 N–H and O–H groups in total. The number of aryl methyl sites for hydroxylation is 2. The van der Waals surface area contributed by atoms with Crippen molar-refractivity contribution in [3.8, 4) is 11.5 Å². The second-order valence-corrected chi connectivity index (χ2v) is 5.23. The molecule has 0 unspecified atom stereocenters. The zero-order valence-corrected chi connectivity index (χ0v) is 12.4. The van der Waals surface area contributed by atoms with Crippen LogP contribution in [0, 0.1) is 13.8 Å². The first-order chi connectivity index (χ1) is 9.40. The van der Waals surface area contributed by atoms with Crippen molar-refractivity contribution in [2.75, 3.05) is 0 Å². The van der Waals surface area contributed by atoms with E-state index >= 15 is 0 Å². The van der Waals surface area contributed by atoms with Gasteiger partial charge in [-0.3, -0.25) is 0 Å². The predicted octanol–water partition coefficient (Wildman–Crippen LogP) is 5.10. The summed E-state index contributed by atoms with van der Waals surface area (Å²) in [7, 11) is 0. The second-order valence-electron chi connectivity index (χ2n) is 4.39. The molecule has 2 rings (SSSR count). The van der Waals surface area contributed by atoms with Crippen molar-refractivity contribution in [1.29, 1.82) is 0 Å². The number of benzene rings is 2. The van der Waals surface area contributed by atoms with Crippen molar-refractivity contribution in [3.05, 3.63) is 57.1 Å². The van der Waals surface area contributed by atoms with Crippen LogP contribution in [-0.4, -0.2) is 11.1 Å². The van der Waals surface area contributed by atoms with Gasteiger partial charge in [-0.1, -0.05) is 29.3 Å². The molecular weight excluding hydrogens is 299 g/mol. The van der Waals surface area contributed by atoms with E-state index in [9.17, 15) is 9.90 Å². The summed E-state index contributed by atoms with van der Waals surface area (Å²) in [5.41, 5.74) is 1.60. The van der Waals surface area contributed by atoms with Gasteiger partial charge in [0.2, 0.25) is 0 Å². The van der Waals surface area contributed by atoms with Gasteiger partial charge in [0.25, 0.3) is 0 Å².